The number of pyridine rings is 2. The van der Waals surface area contributed by atoms with Crippen LogP contribution in [0.5, 0.6) is 0 Å². The van der Waals surface area contributed by atoms with Gasteiger partial charge in [-0.2, -0.15) is 0 Å². The van der Waals surface area contributed by atoms with Crippen LogP contribution in [-0.4, -0.2) is 19.1 Å². The molecule has 0 fully saturated rings. The first-order valence-corrected chi connectivity index (χ1v) is 9.28. The van der Waals surface area contributed by atoms with Crippen LogP contribution in [0, 0.1) is 10.6 Å². The van der Waals surface area contributed by atoms with Gasteiger partial charge in [-0.25, -0.2) is 14.4 Å². The maximum absolute atomic E-state index is 13.5. The first-order valence-electron chi connectivity index (χ1n) is 8.12. The van der Waals surface area contributed by atoms with Crippen molar-refractivity contribution in [3.8, 4) is 17.1 Å². The van der Waals surface area contributed by atoms with Crippen molar-refractivity contribution in [2.24, 2.45) is 0 Å². The number of fused-ring (bicyclic) bond motifs is 1. The minimum atomic E-state index is -0.576. The summed E-state index contributed by atoms with van der Waals surface area (Å²) in [6.07, 6.45) is 3.46. The predicted molar refractivity (Wildman–Crippen MR) is 109 cm³/mol. The van der Waals surface area contributed by atoms with Gasteiger partial charge in [0.25, 0.3) is 5.56 Å². The second-order valence-corrected chi connectivity index (χ2v) is 7.16. The molecule has 0 atom stereocenters. The van der Waals surface area contributed by atoms with E-state index in [4.69, 9.17) is 35.4 Å². The van der Waals surface area contributed by atoms with E-state index in [2.05, 4.69) is 9.97 Å². The molecule has 2 aliphatic heterocycles. The summed E-state index contributed by atoms with van der Waals surface area (Å²) in [6.45, 7) is 0.440. The quantitative estimate of drug-likeness (QED) is 0.346. The lowest BCUT2D eigenvalue weighted by Gasteiger charge is -2.16. The molecule has 0 radical (unpaired) electrons. The maximum atomic E-state index is 13.5. The third-order valence-electron chi connectivity index (χ3n) is 4.17. The molecule has 28 heavy (non-hydrogen) atoms. The summed E-state index contributed by atoms with van der Waals surface area (Å²) in [6, 6.07) is 10.9. The van der Waals surface area contributed by atoms with Crippen LogP contribution in [0.15, 0.2) is 59.7 Å². The molecule has 0 saturated heterocycles. The van der Waals surface area contributed by atoms with Crippen molar-refractivity contribution in [1.29, 1.82) is 0 Å². The Kier molecular flexibility index (Phi) is 4.97. The van der Waals surface area contributed by atoms with E-state index in [9.17, 15) is 9.18 Å². The highest BCUT2D eigenvalue weighted by atomic mass is 35.5. The van der Waals surface area contributed by atoms with Crippen LogP contribution in [0.25, 0.3) is 17.1 Å². The Bertz CT molecular complexity index is 1270. The highest BCUT2D eigenvalue weighted by Crippen LogP contribution is 2.21. The molecule has 0 saturated carbocycles. The van der Waals surface area contributed by atoms with Gasteiger partial charge in [-0.05, 0) is 54.2 Å². The third-order valence-corrected chi connectivity index (χ3v) is 4.96. The number of hydrogen-bond acceptors (Lipinski definition) is 4. The molecule has 5 nitrogen and oxygen atoms in total. The molecule has 0 bridgehead atoms. The van der Waals surface area contributed by atoms with Gasteiger partial charge < -0.3 is 4.57 Å². The molecule has 0 spiro atoms. The summed E-state index contributed by atoms with van der Waals surface area (Å²) in [5, 5.41) is 0.302. The van der Waals surface area contributed by atoms with Crippen molar-refractivity contribution >= 4 is 35.4 Å². The minimum Gasteiger partial charge on any atom is -0.328 e. The van der Waals surface area contributed by atoms with Crippen molar-refractivity contribution in [3.63, 3.8) is 0 Å². The van der Waals surface area contributed by atoms with Gasteiger partial charge in [0.2, 0.25) is 4.77 Å². The molecule has 1 aromatic carbocycles. The van der Waals surface area contributed by atoms with Crippen LogP contribution < -0.4 is 5.56 Å². The van der Waals surface area contributed by atoms with E-state index in [0.717, 1.165) is 5.56 Å². The summed E-state index contributed by atoms with van der Waals surface area (Å²) in [5.41, 5.74) is 1.26. The molecule has 1 aromatic heterocycles. The number of rotatable bonds is 3. The Labute approximate surface area is 174 Å². The smallest absolute Gasteiger partial charge is 0.268 e. The fourth-order valence-electron chi connectivity index (χ4n) is 2.86. The van der Waals surface area contributed by atoms with Gasteiger partial charge in [0.1, 0.15) is 16.8 Å². The number of hydrogen-bond donors (Lipinski definition) is 0. The first kappa shape index (κ1) is 18.7. The molecule has 9 heteroatoms. The zero-order valence-electron chi connectivity index (χ0n) is 14.1. The van der Waals surface area contributed by atoms with E-state index in [0.29, 0.717) is 28.8 Å². The summed E-state index contributed by atoms with van der Waals surface area (Å²) in [5.74, 6) is -0.135. The largest absolute Gasteiger partial charge is 0.328 e. The van der Waals surface area contributed by atoms with Crippen LogP contribution in [0.2, 0.25) is 10.2 Å². The second kappa shape index (κ2) is 7.43. The van der Waals surface area contributed by atoms with E-state index in [-0.39, 0.29) is 15.4 Å². The molecular weight excluding hydrogens is 422 g/mol. The minimum absolute atomic E-state index is 0.0503. The SMILES string of the molecule is O=c1c2cccn(Cc3ccc(Cl)nc3)c-2nc(=S)n1-c1ccc(F)c(Cl)c1. The average molecular weight is 433 g/mol. The van der Waals surface area contributed by atoms with Crippen molar-refractivity contribution in [1.82, 2.24) is 19.1 Å². The summed E-state index contributed by atoms with van der Waals surface area (Å²) in [4.78, 5) is 21.6. The Morgan fingerprint density at radius 2 is 1.96 bits per heavy atom. The highest BCUT2D eigenvalue weighted by Gasteiger charge is 2.17. The van der Waals surface area contributed by atoms with Crippen molar-refractivity contribution in [2.45, 2.75) is 6.54 Å². The van der Waals surface area contributed by atoms with E-state index in [1.165, 1.54) is 22.8 Å². The fourth-order valence-corrected chi connectivity index (χ4v) is 3.42. The van der Waals surface area contributed by atoms with Gasteiger partial charge in [0.15, 0.2) is 0 Å². The molecule has 0 amide bonds. The molecular formula is C19H11Cl2FN4OS. The Hall–Kier alpha value is -2.61. The Balaban J connectivity index is 1.87. The second-order valence-electron chi connectivity index (χ2n) is 6.00. The van der Waals surface area contributed by atoms with E-state index in [1.807, 2.05) is 6.07 Å². The van der Waals surface area contributed by atoms with Crippen molar-refractivity contribution in [3.05, 3.63) is 91.5 Å². The monoisotopic (exact) mass is 432 g/mol. The zero-order valence-corrected chi connectivity index (χ0v) is 16.5. The summed E-state index contributed by atoms with van der Waals surface area (Å²) < 4.78 is 16.6. The number of aromatic nitrogens is 4. The summed E-state index contributed by atoms with van der Waals surface area (Å²) >= 11 is 17.0. The van der Waals surface area contributed by atoms with Gasteiger partial charge in [0.05, 0.1) is 22.8 Å². The summed E-state index contributed by atoms with van der Waals surface area (Å²) in [7, 11) is 0. The van der Waals surface area contributed by atoms with E-state index < -0.39 is 5.82 Å². The van der Waals surface area contributed by atoms with Crippen LogP contribution >= 0.6 is 35.4 Å². The first-order chi connectivity index (χ1) is 13.4. The van der Waals surface area contributed by atoms with Crippen LogP contribution in [0.3, 0.4) is 0 Å². The third kappa shape index (κ3) is 3.44. The lowest BCUT2D eigenvalue weighted by molar-refractivity contribution is 0.627. The molecule has 0 aliphatic carbocycles. The molecule has 2 aromatic rings. The van der Waals surface area contributed by atoms with Crippen molar-refractivity contribution < 1.29 is 4.39 Å². The van der Waals surface area contributed by atoms with E-state index in [1.54, 1.807) is 35.2 Å². The molecule has 0 unspecified atom stereocenters. The fraction of sp³-hybridized carbons (Fsp3) is 0.0526. The van der Waals surface area contributed by atoms with Crippen LogP contribution in [0.4, 0.5) is 4.39 Å². The standard InChI is InChI=1S/C19H11Cl2FN4OS/c20-14-8-12(4-5-15(14)22)26-18(27)13-2-1-7-25(17(13)24-19(26)28)10-11-3-6-16(21)23-9-11/h1-9H,10H2. The van der Waals surface area contributed by atoms with Gasteiger partial charge in [-0.1, -0.05) is 29.3 Å². The predicted octanol–water partition coefficient (Wildman–Crippen LogP) is 4.76. The van der Waals surface area contributed by atoms with Crippen LogP contribution in [0.1, 0.15) is 5.56 Å². The molecule has 4 rings (SSSR count). The van der Waals surface area contributed by atoms with E-state index >= 15 is 0 Å². The zero-order chi connectivity index (χ0) is 19.8. The molecule has 0 N–H and O–H groups in total. The molecule has 2 aliphatic rings. The topological polar surface area (TPSA) is 52.7 Å². The number of halogens is 3. The molecule has 3 heterocycles. The molecule has 140 valence electrons. The Morgan fingerprint density at radius 1 is 1.14 bits per heavy atom. The van der Waals surface area contributed by atoms with Gasteiger partial charge >= 0.3 is 0 Å². The van der Waals surface area contributed by atoms with Crippen LogP contribution in [-0.2, 0) is 6.54 Å². The van der Waals surface area contributed by atoms with Gasteiger partial charge in [-0.3, -0.25) is 9.36 Å². The lowest BCUT2D eigenvalue weighted by atomic mass is 10.2. The number of benzene rings is 1. The normalized spacial score (nSPS) is 11.1. The maximum Gasteiger partial charge on any atom is 0.268 e. The Morgan fingerprint density at radius 3 is 2.68 bits per heavy atom. The average Bonchev–Trinajstić information content (AvgIpc) is 2.67. The lowest BCUT2D eigenvalue weighted by Crippen LogP contribution is -2.25. The van der Waals surface area contributed by atoms with Crippen molar-refractivity contribution in [2.75, 3.05) is 0 Å². The van der Waals surface area contributed by atoms with Gasteiger partial charge in [0, 0.05) is 12.4 Å². The number of nitrogens with zero attached hydrogens (tertiary/aromatic N) is 4. The highest BCUT2D eigenvalue weighted by molar-refractivity contribution is 7.71. The van der Waals surface area contributed by atoms with Gasteiger partial charge in [-0.15, -0.1) is 0 Å².